The van der Waals surface area contributed by atoms with Gasteiger partial charge in [0.15, 0.2) is 0 Å². The number of carbonyl (C=O) groups excluding carboxylic acids is 1. The lowest BCUT2D eigenvalue weighted by Gasteiger charge is -2.14. The van der Waals surface area contributed by atoms with Crippen LogP contribution in [0.15, 0.2) is 35.3 Å². The van der Waals surface area contributed by atoms with Gasteiger partial charge in [0.1, 0.15) is 12.4 Å². The molecule has 1 aliphatic carbocycles. The molecule has 1 amide bonds. The maximum Gasteiger partial charge on any atom is 0.352 e. The Hall–Kier alpha value is -2.74. The molecule has 0 saturated heterocycles. The Morgan fingerprint density at radius 2 is 2.19 bits per heavy atom. The average molecular weight is 390 g/mol. The van der Waals surface area contributed by atoms with Crippen molar-refractivity contribution in [2.75, 3.05) is 0 Å². The fraction of sp³-hybridized carbons (Fsp3) is 0.333. The highest BCUT2D eigenvalue weighted by molar-refractivity contribution is 6.30. The van der Waals surface area contributed by atoms with E-state index in [1.54, 1.807) is 19.2 Å². The molecule has 1 fully saturated rings. The van der Waals surface area contributed by atoms with Crippen LogP contribution in [0.5, 0.6) is 0 Å². The highest BCUT2D eigenvalue weighted by atomic mass is 35.5. The minimum atomic E-state index is -0.550. The number of aromatic nitrogens is 4. The van der Waals surface area contributed by atoms with E-state index in [1.807, 2.05) is 6.07 Å². The van der Waals surface area contributed by atoms with E-state index < -0.39 is 17.8 Å². The van der Waals surface area contributed by atoms with E-state index in [-0.39, 0.29) is 23.0 Å². The number of amides is 1. The zero-order valence-electron chi connectivity index (χ0n) is 14.5. The summed E-state index contributed by atoms with van der Waals surface area (Å²) in [5.74, 6) is -0.327. The number of carbonyl (C=O) groups is 1. The van der Waals surface area contributed by atoms with Crippen molar-refractivity contribution in [2.24, 2.45) is 0 Å². The van der Waals surface area contributed by atoms with Crippen molar-refractivity contribution >= 4 is 23.3 Å². The van der Waals surface area contributed by atoms with Gasteiger partial charge in [0.05, 0.1) is 11.1 Å². The summed E-state index contributed by atoms with van der Waals surface area (Å²) in [6.45, 7) is 1.48. The Bertz CT molecular complexity index is 1090. The molecule has 4 rings (SSSR count). The summed E-state index contributed by atoms with van der Waals surface area (Å²) >= 11 is 5.68. The van der Waals surface area contributed by atoms with E-state index in [1.165, 1.54) is 16.5 Å². The predicted octanol–water partition coefficient (Wildman–Crippen LogP) is 2.44. The van der Waals surface area contributed by atoms with Crippen LogP contribution in [0.3, 0.4) is 0 Å². The number of benzene rings is 1. The van der Waals surface area contributed by atoms with Gasteiger partial charge in [0, 0.05) is 11.9 Å². The molecule has 0 bridgehead atoms. The maximum atomic E-state index is 13.6. The summed E-state index contributed by atoms with van der Waals surface area (Å²) in [6, 6.07) is 5.72. The Balaban J connectivity index is 1.52. The van der Waals surface area contributed by atoms with Crippen LogP contribution < -0.4 is 11.0 Å². The molecule has 1 saturated carbocycles. The van der Waals surface area contributed by atoms with Crippen LogP contribution in [0.2, 0.25) is 5.02 Å². The molecular weight excluding hydrogens is 373 g/mol. The van der Waals surface area contributed by atoms with Gasteiger partial charge in [-0.25, -0.2) is 23.3 Å². The molecule has 1 atom stereocenters. The predicted molar refractivity (Wildman–Crippen MR) is 97.2 cm³/mol. The average Bonchev–Trinajstić information content (AvgIpc) is 3.43. The SMILES string of the molecule is C[C@H](NC(=O)Cn1nc2nccc(C3CC3)n2c1=O)c1ccc(Cl)c(F)c1. The summed E-state index contributed by atoms with van der Waals surface area (Å²) < 4.78 is 16.2. The molecule has 0 spiro atoms. The molecule has 0 unspecified atom stereocenters. The zero-order chi connectivity index (χ0) is 19.1. The molecule has 1 aliphatic rings. The fourth-order valence-corrected chi connectivity index (χ4v) is 3.17. The normalized spacial score (nSPS) is 15.1. The minimum Gasteiger partial charge on any atom is -0.348 e. The van der Waals surface area contributed by atoms with Gasteiger partial charge < -0.3 is 5.32 Å². The first-order valence-electron chi connectivity index (χ1n) is 8.63. The van der Waals surface area contributed by atoms with E-state index in [0.717, 1.165) is 23.2 Å². The second kappa shape index (κ2) is 6.77. The Morgan fingerprint density at radius 1 is 1.41 bits per heavy atom. The van der Waals surface area contributed by atoms with Gasteiger partial charge in [0.2, 0.25) is 5.91 Å². The van der Waals surface area contributed by atoms with Gasteiger partial charge in [-0.1, -0.05) is 17.7 Å². The first-order valence-corrected chi connectivity index (χ1v) is 9.00. The molecule has 7 nitrogen and oxygen atoms in total. The lowest BCUT2D eigenvalue weighted by atomic mass is 10.1. The van der Waals surface area contributed by atoms with Crippen molar-refractivity contribution in [2.45, 2.75) is 38.3 Å². The van der Waals surface area contributed by atoms with Crippen molar-refractivity contribution in [3.63, 3.8) is 0 Å². The summed E-state index contributed by atoms with van der Waals surface area (Å²) in [6.07, 6.45) is 3.69. The van der Waals surface area contributed by atoms with Gasteiger partial charge in [0.25, 0.3) is 5.78 Å². The molecule has 1 aromatic carbocycles. The van der Waals surface area contributed by atoms with Crippen LogP contribution >= 0.6 is 11.6 Å². The molecule has 9 heteroatoms. The number of hydrogen-bond donors (Lipinski definition) is 1. The molecule has 0 radical (unpaired) electrons. The summed E-state index contributed by atoms with van der Waals surface area (Å²) in [4.78, 5) is 29.1. The second-order valence-corrected chi connectivity index (χ2v) is 7.09. The Morgan fingerprint density at radius 3 is 2.89 bits per heavy atom. The third-order valence-electron chi connectivity index (χ3n) is 4.63. The van der Waals surface area contributed by atoms with E-state index >= 15 is 0 Å². The largest absolute Gasteiger partial charge is 0.352 e. The topological polar surface area (TPSA) is 81.3 Å². The van der Waals surface area contributed by atoms with Gasteiger partial charge in [-0.15, -0.1) is 5.10 Å². The number of rotatable bonds is 5. The summed E-state index contributed by atoms with van der Waals surface area (Å²) in [5, 5.41) is 6.90. The van der Waals surface area contributed by atoms with Crippen molar-refractivity contribution in [3.8, 4) is 0 Å². The van der Waals surface area contributed by atoms with Crippen LogP contribution in [0.4, 0.5) is 4.39 Å². The lowest BCUT2D eigenvalue weighted by molar-refractivity contribution is -0.122. The fourth-order valence-electron chi connectivity index (χ4n) is 3.05. The second-order valence-electron chi connectivity index (χ2n) is 6.68. The third-order valence-corrected chi connectivity index (χ3v) is 4.93. The molecule has 27 heavy (non-hydrogen) atoms. The van der Waals surface area contributed by atoms with Crippen molar-refractivity contribution in [1.29, 1.82) is 0 Å². The molecule has 3 aromatic rings. The standard InChI is InChI=1S/C18H17ClFN5O2/c1-10(12-4-5-13(19)14(20)8-12)22-16(26)9-24-18(27)25-15(11-2-3-11)6-7-21-17(25)23-24/h4-8,10-11H,2-3,9H2,1H3,(H,22,26)/t10-/m0/s1. The minimum absolute atomic E-state index is 0.0208. The van der Waals surface area contributed by atoms with Crippen LogP contribution in [-0.2, 0) is 11.3 Å². The first-order chi connectivity index (χ1) is 12.9. The smallest absolute Gasteiger partial charge is 0.348 e. The molecule has 0 aliphatic heterocycles. The maximum absolute atomic E-state index is 13.6. The zero-order valence-corrected chi connectivity index (χ0v) is 15.3. The van der Waals surface area contributed by atoms with E-state index in [0.29, 0.717) is 11.5 Å². The van der Waals surface area contributed by atoms with Crippen LogP contribution in [-0.4, -0.2) is 25.1 Å². The van der Waals surface area contributed by atoms with Crippen molar-refractivity contribution < 1.29 is 9.18 Å². The van der Waals surface area contributed by atoms with Crippen molar-refractivity contribution in [1.82, 2.24) is 24.5 Å². The number of fused-ring (bicyclic) bond motifs is 1. The highest BCUT2D eigenvalue weighted by Gasteiger charge is 2.28. The molecule has 2 aromatic heterocycles. The number of halogens is 2. The van der Waals surface area contributed by atoms with Crippen LogP contribution in [0.25, 0.3) is 5.78 Å². The van der Waals surface area contributed by atoms with E-state index in [2.05, 4.69) is 15.4 Å². The number of nitrogens with zero attached hydrogens (tertiary/aromatic N) is 4. The lowest BCUT2D eigenvalue weighted by Crippen LogP contribution is -2.34. The summed E-state index contributed by atoms with van der Waals surface area (Å²) in [7, 11) is 0. The Kier molecular flexibility index (Phi) is 4.43. The number of hydrogen-bond acceptors (Lipinski definition) is 4. The quantitative estimate of drug-likeness (QED) is 0.726. The Labute approximate surface area is 158 Å². The van der Waals surface area contributed by atoms with E-state index in [9.17, 15) is 14.0 Å². The highest BCUT2D eigenvalue weighted by Crippen LogP contribution is 2.39. The first kappa shape index (κ1) is 17.7. The van der Waals surface area contributed by atoms with Gasteiger partial charge in [-0.3, -0.25) is 4.79 Å². The monoisotopic (exact) mass is 389 g/mol. The van der Waals surface area contributed by atoms with E-state index in [4.69, 9.17) is 11.6 Å². The molecule has 140 valence electrons. The third kappa shape index (κ3) is 3.44. The van der Waals surface area contributed by atoms with Crippen LogP contribution in [0, 0.1) is 5.82 Å². The van der Waals surface area contributed by atoms with Crippen molar-refractivity contribution in [3.05, 3.63) is 63.0 Å². The van der Waals surface area contributed by atoms with Crippen LogP contribution in [0.1, 0.15) is 43.0 Å². The van der Waals surface area contributed by atoms with Gasteiger partial charge >= 0.3 is 5.69 Å². The van der Waals surface area contributed by atoms with Gasteiger partial charge in [-0.05, 0) is 49.4 Å². The number of nitrogens with one attached hydrogen (secondary N) is 1. The molecule has 2 heterocycles. The van der Waals surface area contributed by atoms with Gasteiger partial charge in [-0.2, -0.15) is 0 Å². The molecular formula is C18H17ClFN5O2. The summed E-state index contributed by atoms with van der Waals surface area (Å²) in [5.41, 5.74) is 1.06. The molecule has 1 N–H and O–H groups in total.